The minimum absolute atomic E-state index is 0.0188. The molecule has 1 aromatic carbocycles. The molecule has 3 aromatic rings. The van der Waals surface area contributed by atoms with Gasteiger partial charge in [-0.1, -0.05) is 19.1 Å². The van der Waals surface area contributed by atoms with Crippen molar-refractivity contribution in [3.8, 4) is 5.88 Å². The number of hydrogen-bond donors (Lipinski definition) is 2. The highest BCUT2D eigenvalue weighted by atomic mass is 32.2. The second-order valence-electron chi connectivity index (χ2n) is 10.1. The van der Waals surface area contributed by atoms with Crippen LogP contribution in [0.5, 0.6) is 5.88 Å². The van der Waals surface area contributed by atoms with E-state index in [-0.39, 0.29) is 36.0 Å². The van der Waals surface area contributed by atoms with Gasteiger partial charge in [0.15, 0.2) is 9.84 Å². The first kappa shape index (κ1) is 30.2. The molecular weight excluding hydrogens is 567 g/mol. The van der Waals surface area contributed by atoms with Gasteiger partial charge in [-0.25, -0.2) is 13.4 Å². The summed E-state index contributed by atoms with van der Waals surface area (Å²) in [6.07, 6.45) is -3.16. The van der Waals surface area contributed by atoms with Gasteiger partial charge in [-0.15, -0.1) is 11.3 Å². The van der Waals surface area contributed by atoms with E-state index in [0.717, 1.165) is 11.3 Å². The quantitative estimate of drug-likeness (QED) is 0.342. The van der Waals surface area contributed by atoms with Crippen LogP contribution in [0, 0.1) is 25.7 Å². The van der Waals surface area contributed by atoms with Crippen molar-refractivity contribution in [2.75, 3.05) is 19.0 Å². The van der Waals surface area contributed by atoms with E-state index in [2.05, 4.69) is 15.3 Å². The Labute approximate surface area is 234 Å². The van der Waals surface area contributed by atoms with E-state index in [1.807, 2.05) is 0 Å². The Morgan fingerprint density at radius 3 is 2.38 bits per heavy atom. The third kappa shape index (κ3) is 6.58. The van der Waals surface area contributed by atoms with Gasteiger partial charge < -0.3 is 15.2 Å². The number of carbonyl (C=O) groups is 1. The molecule has 1 saturated carbocycles. The summed E-state index contributed by atoms with van der Waals surface area (Å²) < 4.78 is 69.2. The molecule has 0 saturated heterocycles. The minimum Gasteiger partial charge on any atom is -0.477 e. The largest absolute Gasteiger partial charge is 0.477 e. The smallest absolute Gasteiger partial charge is 0.391 e. The maximum Gasteiger partial charge on any atom is 0.391 e. The van der Waals surface area contributed by atoms with Crippen LogP contribution in [-0.2, 0) is 9.84 Å². The average molecular weight is 600 g/mol. The monoisotopic (exact) mass is 599 g/mol. The second-order valence-corrected chi connectivity index (χ2v) is 13.3. The summed E-state index contributed by atoms with van der Waals surface area (Å²) in [7, 11) is -3.38. The Kier molecular flexibility index (Phi) is 9.05. The Morgan fingerprint density at radius 2 is 1.80 bits per heavy atom. The van der Waals surface area contributed by atoms with E-state index < -0.39 is 40.5 Å². The van der Waals surface area contributed by atoms with E-state index in [9.17, 15) is 31.5 Å². The van der Waals surface area contributed by atoms with Crippen LogP contribution in [0.4, 0.5) is 13.2 Å². The lowest BCUT2D eigenvalue weighted by Gasteiger charge is -2.29. The van der Waals surface area contributed by atoms with Gasteiger partial charge >= 0.3 is 6.18 Å². The maximum atomic E-state index is 13.3. The molecule has 1 amide bonds. The molecule has 40 heavy (non-hydrogen) atoms. The first-order valence-electron chi connectivity index (χ1n) is 13.1. The van der Waals surface area contributed by atoms with Gasteiger partial charge in [-0.3, -0.25) is 4.79 Å². The van der Waals surface area contributed by atoms with Crippen LogP contribution in [0.3, 0.4) is 0 Å². The molecule has 0 spiro atoms. The lowest BCUT2D eigenvalue weighted by molar-refractivity contribution is -0.184. The van der Waals surface area contributed by atoms with Crippen molar-refractivity contribution in [1.82, 2.24) is 15.3 Å². The summed E-state index contributed by atoms with van der Waals surface area (Å²) >= 11 is 1.15. The molecule has 1 unspecified atom stereocenters. The van der Waals surface area contributed by atoms with Gasteiger partial charge in [0.25, 0.3) is 5.91 Å². The number of benzene rings is 1. The number of halogens is 3. The van der Waals surface area contributed by atoms with Gasteiger partial charge in [0, 0.05) is 0 Å². The number of aliphatic hydroxyl groups excluding tert-OH is 1. The van der Waals surface area contributed by atoms with Crippen molar-refractivity contribution < 1.29 is 36.2 Å². The summed E-state index contributed by atoms with van der Waals surface area (Å²) in [4.78, 5) is 23.2. The molecule has 8 nitrogen and oxygen atoms in total. The molecule has 13 heteroatoms. The Hall–Kier alpha value is -2.77. The molecular formula is C27H32F3N3O5S2. The minimum atomic E-state index is -4.17. The predicted molar refractivity (Wildman–Crippen MR) is 145 cm³/mol. The third-order valence-electron chi connectivity index (χ3n) is 7.35. The Bertz CT molecular complexity index is 1470. The molecule has 0 aliphatic heterocycles. The molecule has 218 valence electrons. The standard InChI is InChI=1S/C27H32F3N3O5S2/c1-4-40(36,37)20-11-7-18(8-12-20)21(13-34)33-24(35)23-15(2)22-25(31-16(3)32-26(22)39-23)38-14-17-5-9-19(10-6-17)27(28,29)30/h7-8,11-12,17,19,21,34H,4-6,9-10,13-14H2,1-3H3,(H,33,35). The van der Waals surface area contributed by atoms with Crippen molar-refractivity contribution in [1.29, 1.82) is 0 Å². The van der Waals surface area contributed by atoms with Crippen molar-refractivity contribution in [3.63, 3.8) is 0 Å². The first-order chi connectivity index (χ1) is 18.8. The molecule has 0 bridgehead atoms. The number of fused-ring (bicyclic) bond motifs is 1. The van der Waals surface area contributed by atoms with Crippen molar-refractivity contribution >= 4 is 37.3 Å². The molecule has 1 fully saturated rings. The highest BCUT2D eigenvalue weighted by Gasteiger charge is 2.41. The van der Waals surface area contributed by atoms with Gasteiger partial charge in [-0.2, -0.15) is 18.2 Å². The summed E-state index contributed by atoms with van der Waals surface area (Å²) in [5.74, 6) is -1.03. The number of alkyl halides is 3. The van der Waals surface area contributed by atoms with E-state index >= 15 is 0 Å². The van der Waals surface area contributed by atoms with E-state index in [1.54, 1.807) is 32.9 Å². The van der Waals surface area contributed by atoms with Crippen LogP contribution < -0.4 is 10.1 Å². The number of carbonyl (C=O) groups excluding carboxylic acids is 1. The van der Waals surface area contributed by atoms with Crippen LogP contribution in [0.2, 0.25) is 0 Å². The molecule has 2 N–H and O–H groups in total. The first-order valence-corrected chi connectivity index (χ1v) is 15.5. The highest BCUT2D eigenvalue weighted by Crippen LogP contribution is 2.40. The fourth-order valence-corrected chi connectivity index (χ4v) is 6.91. The number of thiophene rings is 1. The number of sulfone groups is 1. The Balaban J connectivity index is 1.50. The van der Waals surface area contributed by atoms with Crippen molar-refractivity contribution in [2.24, 2.45) is 11.8 Å². The van der Waals surface area contributed by atoms with E-state index in [4.69, 9.17) is 4.74 Å². The number of nitrogens with one attached hydrogen (secondary N) is 1. The van der Waals surface area contributed by atoms with Crippen molar-refractivity contribution in [3.05, 3.63) is 46.1 Å². The van der Waals surface area contributed by atoms with Crippen molar-refractivity contribution in [2.45, 2.75) is 63.6 Å². The van der Waals surface area contributed by atoms with Crippen LogP contribution in [0.15, 0.2) is 29.2 Å². The summed E-state index contributed by atoms with van der Waals surface area (Å²) in [5.41, 5.74) is 1.14. The van der Waals surface area contributed by atoms with Crippen LogP contribution in [0.25, 0.3) is 10.2 Å². The lowest BCUT2D eigenvalue weighted by atomic mass is 9.82. The molecule has 1 aliphatic rings. The van der Waals surface area contributed by atoms with E-state index in [1.165, 1.54) is 12.1 Å². The number of aryl methyl sites for hydroxylation is 2. The fraction of sp³-hybridized carbons (Fsp3) is 0.519. The number of hydrogen-bond acceptors (Lipinski definition) is 8. The lowest BCUT2D eigenvalue weighted by Crippen LogP contribution is -2.30. The van der Waals surface area contributed by atoms with Gasteiger partial charge in [0.2, 0.25) is 5.88 Å². The number of aromatic nitrogens is 2. The van der Waals surface area contributed by atoms with Crippen LogP contribution >= 0.6 is 11.3 Å². The molecule has 1 atom stereocenters. The molecule has 0 radical (unpaired) electrons. The van der Waals surface area contributed by atoms with Gasteiger partial charge in [0.1, 0.15) is 10.7 Å². The van der Waals surface area contributed by atoms with Crippen LogP contribution in [0.1, 0.15) is 65.3 Å². The van der Waals surface area contributed by atoms with Gasteiger partial charge in [-0.05, 0) is 68.7 Å². The zero-order valence-electron chi connectivity index (χ0n) is 22.4. The van der Waals surface area contributed by atoms with Gasteiger partial charge in [0.05, 0.1) is 46.1 Å². The fourth-order valence-electron chi connectivity index (χ4n) is 4.91. The zero-order chi connectivity index (χ0) is 29.2. The summed E-state index contributed by atoms with van der Waals surface area (Å²) in [5, 5.41) is 13.3. The zero-order valence-corrected chi connectivity index (χ0v) is 24.0. The van der Waals surface area contributed by atoms with Crippen LogP contribution in [-0.4, -0.2) is 54.5 Å². The highest BCUT2D eigenvalue weighted by molar-refractivity contribution is 7.91. The third-order valence-corrected chi connectivity index (χ3v) is 10.3. The number of nitrogens with zero attached hydrogens (tertiary/aromatic N) is 2. The number of ether oxygens (including phenoxy) is 1. The number of rotatable bonds is 9. The molecule has 1 aliphatic carbocycles. The summed E-state index contributed by atoms with van der Waals surface area (Å²) in [6.45, 7) is 4.81. The van der Waals surface area contributed by atoms with E-state index in [0.29, 0.717) is 50.8 Å². The topological polar surface area (TPSA) is 118 Å². The Morgan fingerprint density at radius 1 is 1.15 bits per heavy atom. The average Bonchev–Trinajstić information content (AvgIpc) is 3.26. The molecule has 4 rings (SSSR count). The normalized spacial score (nSPS) is 19.0. The predicted octanol–water partition coefficient (Wildman–Crippen LogP) is 5.31. The SMILES string of the molecule is CCS(=O)(=O)c1ccc(C(CO)NC(=O)c2sc3nc(C)nc(OCC4CCC(C(F)(F)F)CC4)c3c2C)cc1. The second kappa shape index (κ2) is 12.0. The number of aliphatic hydroxyl groups is 1. The summed E-state index contributed by atoms with van der Waals surface area (Å²) in [6, 6.07) is 5.25. The molecule has 2 heterocycles. The number of amides is 1. The molecule has 2 aromatic heterocycles. The maximum absolute atomic E-state index is 13.3.